The summed E-state index contributed by atoms with van der Waals surface area (Å²) in [6.45, 7) is 3.49. The SMILES string of the molecule is N[C@@H]1CCCCC[C@@H]1C(=O)N1CCC(CC(=O)N2CCCC2)CC1. The summed E-state index contributed by atoms with van der Waals surface area (Å²) in [5.41, 5.74) is 6.25. The second-order valence-corrected chi connectivity index (χ2v) is 7.97. The molecular weight excluding hydrogens is 302 g/mol. The maximum Gasteiger partial charge on any atom is 0.227 e. The summed E-state index contributed by atoms with van der Waals surface area (Å²) in [6.07, 6.45) is 10.3. The summed E-state index contributed by atoms with van der Waals surface area (Å²) in [6, 6.07) is 0.0365. The van der Waals surface area contributed by atoms with Crippen molar-refractivity contribution in [1.82, 2.24) is 9.80 Å². The molecule has 0 bridgehead atoms. The first kappa shape index (κ1) is 17.7. The van der Waals surface area contributed by atoms with Crippen molar-refractivity contribution in [3.63, 3.8) is 0 Å². The summed E-state index contributed by atoms with van der Waals surface area (Å²) in [5, 5.41) is 0. The quantitative estimate of drug-likeness (QED) is 0.804. The lowest BCUT2D eigenvalue weighted by Crippen LogP contribution is -2.47. The van der Waals surface area contributed by atoms with Gasteiger partial charge in [-0.05, 0) is 44.4 Å². The molecule has 0 aromatic heterocycles. The molecule has 0 aromatic rings. The summed E-state index contributed by atoms with van der Waals surface area (Å²) >= 11 is 0. The topological polar surface area (TPSA) is 66.6 Å². The van der Waals surface area contributed by atoms with Crippen LogP contribution in [0, 0.1) is 11.8 Å². The molecule has 136 valence electrons. The Balaban J connectivity index is 1.45. The molecule has 0 unspecified atom stereocenters. The average Bonchev–Trinajstić information content (AvgIpc) is 3.04. The summed E-state index contributed by atoms with van der Waals surface area (Å²) in [4.78, 5) is 29.1. The minimum Gasteiger partial charge on any atom is -0.343 e. The average molecular weight is 335 g/mol. The fraction of sp³-hybridized carbons (Fsp3) is 0.895. The fourth-order valence-corrected chi connectivity index (χ4v) is 4.58. The highest BCUT2D eigenvalue weighted by molar-refractivity contribution is 5.80. The molecule has 2 atom stereocenters. The first-order chi connectivity index (χ1) is 11.6. The smallest absolute Gasteiger partial charge is 0.227 e. The number of hydrogen-bond donors (Lipinski definition) is 1. The van der Waals surface area contributed by atoms with Crippen molar-refractivity contribution in [1.29, 1.82) is 0 Å². The van der Waals surface area contributed by atoms with E-state index in [1.807, 2.05) is 9.80 Å². The first-order valence-electron chi connectivity index (χ1n) is 9.97. The minimum atomic E-state index is 0.0234. The van der Waals surface area contributed by atoms with Gasteiger partial charge in [-0.2, -0.15) is 0 Å². The van der Waals surface area contributed by atoms with Crippen LogP contribution in [0.4, 0.5) is 0 Å². The molecule has 24 heavy (non-hydrogen) atoms. The molecule has 2 heterocycles. The highest BCUT2D eigenvalue weighted by Gasteiger charge is 2.33. The molecule has 0 aromatic carbocycles. The third kappa shape index (κ3) is 4.29. The predicted molar refractivity (Wildman–Crippen MR) is 94.3 cm³/mol. The number of nitrogens with two attached hydrogens (primary N) is 1. The molecule has 2 N–H and O–H groups in total. The van der Waals surface area contributed by atoms with Gasteiger partial charge in [0.1, 0.15) is 0 Å². The summed E-state index contributed by atoms with van der Waals surface area (Å²) < 4.78 is 0. The van der Waals surface area contributed by atoms with Gasteiger partial charge in [0.05, 0.1) is 5.92 Å². The second kappa shape index (κ2) is 8.32. The van der Waals surface area contributed by atoms with Gasteiger partial charge in [-0.25, -0.2) is 0 Å². The predicted octanol–water partition coefficient (Wildman–Crippen LogP) is 2.15. The van der Waals surface area contributed by atoms with Crippen LogP contribution in [0.15, 0.2) is 0 Å². The van der Waals surface area contributed by atoms with Gasteiger partial charge in [-0.15, -0.1) is 0 Å². The highest BCUT2D eigenvalue weighted by atomic mass is 16.2. The molecule has 2 amide bonds. The Morgan fingerprint density at radius 1 is 0.792 bits per heavy atom. The molecule has 1 saturated carbocycles. The van der Waals surface area contributed by atoms with Gasteiger partial charge in [0.25, 0.3) is 0 Å². The van der Waals surface area contributed by atoms with E-state index in [1.165, 1.54) is 6.42 Å². The van der Waals surface area contributed by atoms with Crippen molar-refractivity contribution in [3.8, 4) is 0 Å². The van der Waals surface area contributed by atoms with Gasteiger partial charge in [-0.3, -0.25) is 9.59 Å². The Morgan fingerprint density at radius 2 is 1.46 bits per heavy atom. The van der Waals surface area contributed by atoms with Crippen LogP contribution >= 0.6 is 0 Å². The molecule has 3 fully saturated rings. The number of piperidine rings is 1. The molecular formula is C19H33N3O2. The van der Waals surface area contributed by atoms with Crippen LogP contribution in [0.5, 0.6) is 0 Å². The van der Waals surface area contributed by atoms with Gasteiger partial charge in [0.15, 0.2) is 0 Å². The van der Waals surface area contributed by atoms with E-state index in [-0.39, 0.29) is 17.9 Å². The van der Waals surface area contributed by atoms with E-state index in [2.05, 4.69) is 0 Å². The molecule has 5 nitrogen and oxygen atoms in total. The van der Waals surface area contributed by atoms with Crippen LogP contribution in [-0.2, 0) is 9.59 Å². The molecule has 2 aliphatic heterocycles. The minimum absolute atomic E-state index is 0.0234. The van der Waals surface area contributed by atoms with Crippen LogP contribution < -0.4 is 5.73 Å². The molecule has 0 radical (unpaired) electrons. The van der Waals surface area contributed by atoms with E-state index in [0.29, 0.717) is 18.2 Å². The van der Waals surface area contributed by atoms with E-state index in [0.717, 1.165) is 77.5 Å². The number of nitrogens with zero attached hydrogens (tertiary/aromatic N) is 2. The molecule has 1 aliphatic carbocycles. The summed E-state index contributed by atoms with van der Waals surface area (Å²) in [5.74, 6) is 1.07. The van der Waals surface area contributed by atoms with Crippen LogP contribution in [-0.4, -0.2) is 53.8 Å². The lowest BCUT2D eigenvalue weighted by atomic mass is 9.89. The Hall–Kier alpha value is -1.10. The number of amides is 2. The zero-order valence-corrected chi connectivity index (χ0v) is 14.9. The van der Waals surface area contributed by atoms with Crippen molar-refractivity contribution in [3.05, 3.63) is 0 Å². The third-order valence-corrected chi connectivity index (χ3v) is 6.23. The zero-order chi connectivity index (χ0) is 16.9. The maximum absolute atomic E-state index is 12.8. The highest BCUT2D eigenvalue weighted by Crippen LogP contribution is 2.28. The molecule has 5 heteroatoms. The van der Waals surface area contributed by atoms with Gasteiger partial charge in [0, 0.05) is 38.6 Å². The molecule has 3 aliphatic rings. The Morgan fingerprint density at radius 3 is 2.17 bits per heavy atom. The zero-order valence-electron chi connectivity index (χ0n) is 14.9. The number of carbonyl (C=O) groups is 2. The van der Waals surface area contributed by atoms with Crippen molar-refractivity contribution >= 4 is 11.8 Å². The fourth-order valence-electron chi connectivity index (χ4n) is 4.58. The maximum atomic E-state index is 12.8. The number of carbonyl (C=O) groups excluding carboxylic acids is 2. The largest absolute Gasteiger partial charge is 0.343 e. The van der Waals surface area contributed by atoms with E-state index in [9.17, 15) is 9.59 Å². The van der Waals surface area contributed by atoms with E-state index < -0.39 is 0 Å². The van der Waals surface area contributed by atoms with Gasteiger partial charge < -0.3 is 15.5 Å². The Kier molecular flexibility index (Phi) is 6.14. The van der Waals surface area contributed by atoms with E-state index in [4.69, 9.17) is 5.73 Å². The third-order valence-electron chi connectivity index (χ3n) is 6.23. The van der Waals surface area contributed by atoms with Gasteiger partial charge in [0.2, 0.25) is 11.8 Å². The Bertz CT molecular complexity index is 440. The van der Waals surface area contributed by atoms with E-state index in [1.54, 1.807) is 0 Å². The lowest BCUT2D eigenvalue weighted by Gasteiger charge is -2.35. The van der Waals surface area contributed by atoms with Crippen molar-refractivity contribution in [2.75, 3.05) is 26.2 Å². The van der Waals surface area contributed by atoms with Crippen molar-refractivity contribution in [2.45, 2.75) is 70.3 Å². The molecule has 3 rings (SSSR count). The van der Waals surface area contributed by atoms with Gasteiger partial charge in [-0.1, -0.05) is 19.3 Å². The molecule has 2 saturated heterocycles. The normalized spacial score (nSPS) is 29.5. The van der Waals surface area contributed by atoms with Crippen LogP contribution in [0.1, 0.15) is 64.2 Å². The lowest BCUT2D eigenvalue weighted by molar-refractivity contribution is -0.138. The second-order valence-electron chi connectivity index (χ2n) is 7.97. The van der Waals surface area contributed by atoms with Crippen molar-refractivity contribution < 1.29 is 9.59 Å². The van der Waals surface area contributed by atoms with Crippen LogP contribution in [0.2, 0.25) is 0 Å². The standard InChI is InChI=1S/C19H33N3O2/c20-17-7-3-1-2-6-16(17)19(24)22-12-8-15(9-13-22)14-18(23)21-10-4-5-11-21/h15-17H,1-14,20H2/t16-,17+/m0/s1. The summed E-state index contributed by atoms with van der Waals surface area (Å²) in [7, 11) is 0. The Labute approximate surface area is 145 Å². The first-order valence-corrected chi connectivity index (χ1v) is 9.97. The number of hydrogen-bond acceptors (Lipinski definition) is 3. The van der Waals surface area contributed by atoms with Crippen LogP contribution in [0.25, 0.3) is 0 Å². The number of likely N-dealkylation sites (tertiary alicyclic amines) is 2. The van der Waals surface area contributed by atoms with Crippen molar-refractivity contribution in [2.24, 2.45) is 17.6 Å². The van der Waals surface area contributed by atoms with Gasteiger partial charge >= 0.3 is 0 Å². The van der Waals surface area contributed by atoms with E-state index >= 15 is 0 Å². The van der Waals surface area contributed by atoms with Crippen LogP contribution in [0.3, 0.4) is 0 Å². The molecule has 0 spiro atoms. The monoisotopic (exact) mass is 335 g/mol. The number of rotatable bonds is 3.